The molecule has 2 fully saturated rings. The van der Waals surface area contributed by atoms with Crippen molar-refractivity contribution in [1.82, 2.24) is 9.97 Å². The summed E-state index contributed by atoms with van der Waals surface area (Å²) in [6.07, 6.45) is 4.80. The van der Waals surface area contributed by atoms with Gasteiger partial charge in [0, 0.05) is 26.0 Å². The van der Waals surface area contributed by atoms with Gasteiger partial charge in [-0.15, -0.1) is 0 Å². The number of ether oxygens (including phenoxy) is 1. The van der Waals surface area contributed by atoms with Crippen LogP contribution in [0.2, 0.25) is 0 Å². The number of aromatic nitrogens is 2. The number of halogens is 2. The molecule has 0 radical (unpaired) electrons. The lowest BCUT2D eigenvalue weighted by Crippen LogP contribution is -2.34. The molecule has 0 aromatic carbocycles. The van der Waals surface area contributed by atoms with Crippen LogP contribution in [0.5, 0.6) is 0 Å². The Labute approximate surface area is 117 Å². The van der Waals surface area contributed by atoms with E-state index in [1.807, 2.05) is 0 Å². The van der Waals surface area contributed by atoms with Crippen LogP contribution in [0.3, 0.4) is 0 Å². The second-order valence-electron chi connectivity index (χ2n) is 5.78. The van der Waals surface area contributed by atoms with Crippen LogP contribution >= 0.6 is 0 Å². The molecule has 1 aliphatic carbocycles. The van der Waals surface area contributed by atoms with Crippen LogP contribution in [0, 0.1) is 5.82 Å². The maximum Gasteiger partial charge on any atom is 0.187 e. The molecule has 1 aromatic heterocycles. The zero-order chi connectivity index (χ0) is 14.2. The molecular weight excluding hydrogens is 264 g/mol. The van der Waals surface area contributed by atoms with Crippen molar-refractivity contribution in [2.75, 3.05) is 31.7 Å². The second kappa shape index (κ2) is 5.24. The first kappa shape index (κ1) is 13.7. The van der Waals surface area contributed by atoms with E-state index in [1.54, 1.807) is 4.90 Å². The van der Waals surface area contributed by atoms with E-state index < -0.39 is 5.67 Å². The molecule has 1 saturated carbocycles. The van der Waals surface area contributed by atoms with E-state index >= 15 is 0 Å². The number of hydrogen-bond donors (Lipinski definition) is 0. The lowest BCUT2D eigenvalue weighted by Gasteiger charge is -2.27. The smallest absolute Gasteiger partial charge is 0.187 e. The van der Waals surface area contributed by atoms with Crippen LogP contribution in [-0.2, 0) is 4.74 Å². The van der Waals surface area contributed by atoms with Crippen LogP contribution in [0.15, 0.2) is 6.33 Å². The number of alkyl halides is 1. The fourth-order valence-corrected chi connectivity index (χ4v) is 2.95. The molecule has 1 atom stereocenters. The van der Waals surface area contributed by atoms with Crippen molar-refractivity contribution in [3.63, 3.8) is 0 Å². The van der Waals surface area contributed by atoms with Gasteiger partial charge < -0.3 is 9.64 Å². The van der Waals surface area contributed by atoms with Gasteiger partial charge in [0.1, 0.15) is 6.33 Å². The van der Waals surface area contributed by atoms with Gasteiger partial charge in [0.05, 0.1) is 18.8 Å². The highest BCUT2D eigenvalue weighted by atomic mass is 19.1. The van der Waals surface area contributed by atoms with Crippen molar-refractivity contribution < 1.29 is 13.5 Å². The largest absolute Gasteiger partial charge is 0.381 e. The van der Waals surface area contributed by atoms with Gasteiger partial charge >= 0.3 is 0 Å². The summed E-state index contributed by atoms with van der Waals surface area (Å²) in [4.78, 5) is 9.76. The molecule has 0 N–H and O–H groups in total. The van der Waals surface area contributed by atoms with Crippen molar-refractivity contribution in [1.29, 1.82) is 0 Å². The Morgan fingerprint density at radius 3 is 2.90 bits per heavy atom. The minimum absolute atomic E-state index is 0.0334. The monoisotopic (exact) mass is 283 g/mol. The highest BCUT2D eigenvalue weighted by Crippen LogP contribution is 2.39. The summed E-state index contributed by atoms with van der Waals surface area (Å²) in [5.41, 5.74) is -0.924. The molecule has 4 nitrogen and oxygen atoms in total. The summed E-state index contributed by atoms with van der Waals surface area (Å²) >= 11 is 0. The van der Waals surface area contributed by atoms with Crippen molar-refractivity contribution in [3.8, 4) is 0 Å². The quantitative estimate of drug-likeness (QED) is 0.850. The predicted molar refractivity (Wildman–Crippen MR) is 71.1 cm³/mol. The molecule has 3 rings (SSSR count). The fraction of sp³-hybridized carbons (Fsp3) is 0.714. The topological polar surface area (TPSA) is 38.2 Å². The summed E-state index contributed by atoms with van der Waals surface area (Å²) in [5, 5.41) is 0. The molecule has 20 heavy (non-hydrogen) atoms. The van der Waals surface area contributed by atoms with Crippen LogP contribution in [0.1, 0.15) is 37.3 Å². The molecule has 1 saturated heterocycles. The predicted octanol–water partition coefficient (Wildman–Crippen LogP) is 2.45. The minimum Gasteiger partial charge on any atom is -0.381 e. The number of anilines is 1. The summed E-state index contributed by atoms with van der Waals surface area (Å²) < 4.78 is 33.8. The first-order valence-corrected chi connectivity index (χ1v) is 7.06. The molecule has 0 bridgehead atoms. The highest BCUT2D eigenvalue weighted by molar-refractivity contribution is 5.44. The van der Waals surface area contributed by atoms with E-state index in [0.29, 0.717) is 18.7 Å². The van der Waals surface area contributed by atoms with Crippen molar-refractivity contribution >= 4 is 5.82 Å². The maximum absolute atomic E-state index is 14.5. The molecule has 1 aliphatic heterocycles. The molecule has 2 heterocycles. The molecular formula is C14H19F2N3O. The van der Waals surface area contributed by atoms with Crippen molar-refractivity contribution in [2.24, 2.45) is 0 Å². The van der Waals surface area contributed by atoms with E-state index in [2.05, 4.69) is 9.97 Å². The number of nitrogens with zero attached hydrogens (tertiary/aromatic N) is 3. The minimum atomic E-state index is -1.41. The molecule has 6 heteroatoms. The highest BCUT2D eigenvalue weighted by Gasteiger charge is 2.40. The Balaban J connectivity index is 1.81. The third-order valence-corrected chi connectivity index (χ3v) is 4.30. The first-order chi connectivity index (χ1) is 9.63. The average molecular weight is 283 g/mol. The van der Waals surface area contributed by atoms with Crippen molar-refractivity contribution in [3.05, 3.63) is 17.8 Å². The van der Waals surface area contributed by atoms with Gasteiger partial charge in [-0.1, -0.05) is 6.42 Å². The number of rotatable bonds is 4. The standard InChI is InChI=1S/C14H19F2N3O/c1-20-8-14(16)5-6-19(7-14)13-11(15)12(17-9-18-13)10-3-2-4-10/h9-10H,2-8H2,1H3. The Morgan fingerprint density at radius 1 is 1.45 bits per heavy atom. The van der Waals surface area contributed by atoms with E-state index in [0.717, 1.165) is 19.3 Å². The Hall–Kier alpha value is -1.30. The van der Waals surface area contributed by atoms with Crippen LogP contribution in [0.4, 0.5) is 14.6 Å². The summed E-state index contributed by atoms with van der Waals surface area (Å²) in [7, 11) is 1.48. The SMILES string of the molecule is COCC1(F)CCN(c2ncnc(C3CCC3)c2F)C1. The molecule has 0 amide bonds. The van der Waals surface area contributed by atoms with Crippen LogP contribution in [0.25, 0.3) is 0 Å². The van der Waals surface area contributed by atoms with E-state index in [9.17, 15) is 8.78 Å². The number of hydrogen-bond acceptors (Lipinski definition) is 4. The maximum atomic E-state index is 14.5. The molecule has 1 aromatic rings. The molecule has 2 aliphatic rings. The van der Waals surface area contributed by atoms with E-state index in [-0.39, 0.29) is 30.7 Å². The van der Waals surface area contributed by atoms with Gasteiger partial charge in [-0.3, -0.25) is 0 Å². The Kier molecular flexibility index (Phi) is 3.58. The fourth-order valence-electron chi connectivity index (χ4n) is 2.95. The Bertz CT molecular complexity index is 495. The van der Waals surface area contributed by atoms with Gasteiger partial charge in [0.15, 0.2) is 17.3 Å². The lowest BCUT2D eigenvalue weighted by molar-refractivity contribution is 0.0570. The van der Waals surface area contributed by atoms with Crippen LogP contribution in [-0.4, -0.2) is 42.4 Å². The van der Waals surface area contributed by atoms with E-state index in [4.69, 9.17) is 4.74 Å². The average Bonchev–Trinajstić information content (AvgIpc) is 2.72. The van der Waals surface area contributed by atoms with E-state index in [1.165, 1.54) is 13.4 Å². The first-order valence-electron chi connectivity index (χ1n) is 7.06. The van der Waals surface area contributed by atoms with Gasteiger partial charge in [-0.05, 0) is 12.8 Å². The zero-order valence-corrected chi connectivity index (χ0v) is 11.6. The zero-order valence-electron chi connectivity index (χ0n) is 11.6. The van der Waals surface area contributed by atoms with Crippen LogP contribution < -0.4 is 4.90 Å². The summed E-state index contributed by atoms with van der Waals surface area (Å²) in [6, 6.07) is 0. The summed E-state index contributed by atoms with van der Waals surface area (Å²) in [6.45, 7) is 0.614. The van der Waals surface area contributed by atoms with Crippen molar-refractivity contribution in [2.45, 2.75) is 37.3 Å². The second-order valence-corrected chi connectivity index (χ2v) is 5.78. The third-order valence-electron chi connectivity index (χ3n) is 4.30. The normalized spacial score (nSPS) is 26.9. The molecule has 0 spiro atoms. The Morgan fingerprint density at radius 2 is 2.25 bits per heavy atom. The van der Waals surface area contributed by atoms with Gasteiger partial charge in [-0.25, -0.2) is 18.7 Å². The van der Waals surface area contributed by atoms with Gasteiger partial charge in [0.2, 0.25) is 0 Å². The lowest BCUT2D eigenvalue weighted by atomic mass is 9.82. The summed E-state index contributed by atoms with van der Waals surface area (Å²) in [5.74, 6) is 0.0601. The number of methoxy groups -OCH3 is 1. The van der Waals surface area contributed by atoms with Gasteiger partial charge in [0.25, 0.3) is 0 Å². The third kappa shape index (κ3) is 2.37. The van der Waals surface area contributed by atoms with Gasteiger partial charge in [-0.2, -0.15) is 0 Å². The molecule has 110 valence electrons. The molecule has 1 unspecified atom stereocenters.